The Balaban J connectivity index is 0.00000268. The number of ether oxygens (including phenoxy) is 3. The van der Waals surface area contributed by atoms with Crippen molar-refractivity contribution in [2.75, 3.05) is 56.7 Å². The first-order valence-electron chi connectivity index (χ1n) is 20.9. The van der Waals surface area contributed by atoms with Crippen LogP contribution in [-0.2, 0) is 14.3 Å². The number of fused-ring (bicyclic) bond motifs is 5. The highest BCUT2D eigenvalue weighted by Crippen LogP contribution is 2.42. The summed E-state index contributed by atoms with van der Waals surface area (Å²) in [5, 5.41) is 11.7. The van der Waals surface area contributed by atoms with E-state index in [-0.39, 0.29) is 81.0 Å². The van der Waals surface area contributed by atoms with Crippen LogP contribution in [0.5, 0.6) is 11.8 Å². The van der Waals surface area contributed by atoms with E-state index >= 15 is 4.39 Å². The molecular weight excluding hydrogens is 811 g/mol. The number of benzene rings is 2. The van der Waals surface area contributed by atoms with Crippen LogP contribution in [0.4, 0.5) is 19.4 Å². The number of nitrogens with zero attached hydrogens (tertiary/aromatic N) is 6. The Labute approximate surface area is 357 Å². The number of phenols is 1. The van der Waals surface area contributed by atoms with E-state index in [1.54, 1.807) is 28.5 Å². The minimum Gasteiger partial charge on any atom is -0.508 e. The number of hydrogen-bond donors (Lipinski definition) is 1. The van der Waals surface area contributed by atoms with Crippen LogP contribution in [0.15, 0.2) is 30.5 Å². The number of carbonyl (C=O) groups excluding carboxylic acids is 2. The first kappa shape index (κ1) is 43.5. The number of halogens is 2. The lowest BCUT2D eigenvalue weighted by atomic mass is 9.95. The minimum atomic E-state index is -0.789. The number of hydrogen-bond acceptors (Lipinski definition) is 13. The molecule has 0 spiro atoms. The maximum Gasteiger partial charge on any atom is 0.410 e. The minimum absolute atomic E-state index is 0.0169. The predicted molar refractivity (Wildman–Crippen MR) is 232 cm³/mol. The van der Waals surface area contributed by atoms with E-state index in [0.29, 0.717) is 55.1 Å². The lowest BCUT2D eigenvalue weighted by Crippen LogP contribution is -2.56. The summed E-state index contributed by atoms with van der Waals surface area (Å²) in [4.78, 5) is 45.6. The third-order valence-corrected chi connectivity index (χ3v) is 14.6. The van der Waals surface area contributed by atoms with Gasteiger partial charge < -0.3 is 24.2 Å². The van der Waals surface area contributed by atoms with Crippen molar-refractivity contribution < 1.29 is 37.7 Å². The first-order valence-corrected chi connectivity index (χ1v) is 23.3. The van der Waals surface area contributed by atoms with Crippen LogP contribution >= 0.6 is 21.6 Å². The number of piperazine rings is 1. The largest absolute Gasteiger partial charge is 0.508 e. The molecule has 3 unspecified atom stereocenters. The number of carbonyl (C=O) groups is 2. The van der Waals surface area contributed by atoms with Crippen LogP contribution in [0.25, 0.3) is 32.9 Å². The van der Waals surface area contributed by atoms with Crippen molar-refractivity contribution in [2.45, 2.75) is 95.5 Å². The van der Waals surface area contributed by atoms with Gasteiger partial charge in [0.05, 0.1) is 41.6 Å². The lowest BCUT2D eigenvalue weighted by molar-refractivity contribution is -0.142. The van der Waals surface area contributed by atoms with Gasteiger partial charge in [0.25, 0.3) is 0 Å². The van der Waals surface area contributed by atoms with Crippen molar-refractivity contribution in [3.05, 3.63) is 47.7 Å². The molecule has 8 rings (SSSR count). The number of rotatable bonds is 13. The second-order valence-electron chi connectivity index (χ2n) is 15.4. The van der Waals surface area contributed by atoms with E-state index in [4.69, 9.17) is 25.6 Å². The fourth-order valence-corrected chi connectivity index (χ4v) is 11.2. The summed E-state index contributed by atoms with van der Waals surface area (Å²) < 4.78 is 49.3. The molecule has 12 nitrogen and oxygen atoms in total. The number of pyridine rings is 1. The Morgan fingerprint density at radius 2 is 1.82 bits per heavy atom. The van der Waals surface area contributed by atoms with Gasteiger partial charge in [0.15, 0.2) is 5.82 Å². The summed E-state index contributed by atoms with van der Waals surface area (Å²) in [6, 6.07) is 5.16. The molecule has 0 saturated carbocycles. The zero-order chi connectivity index (χ0) is 42.6. The van der Waals surface area contributed by atoms with Crippen LogP contribution in [0, 0.1) is 24.0 Å². The van der Waals surface area contributed by atoms with Gasteiger partial charge >= 0.3 is 18.1 Å². The molecule has 2 aromatic heterocycles. The van der Waals surface area contributed by atoms with E-state index in [1.807, 2.05) is 30.6 Å². The molecular formula is C44H52F2N6O6S2. The molecule has 4 aliphatic rings. The Kier molecular flexibility index (Phi) is 13.8. The number of aromatic hydroxyl groups is 1. The lowest BCUT2D eigenvalue weighted by Gasteiger charge is -2.41. The third-order valence-electron chi connectivity index (χ3n) is 11.7. The monoisotopic (exact) mass is 862 g/mol. The molecule has 16 heteroatoms. The number of amides is 1. The topological polar surface area (TPSA) is 130 Å². The normalized spacial score (nSPS) is 19.8. The Morgan fingerprint density at radius 3 is 2.52 bits per heavy atom. The molecule has 320 valence electrons. The van der Waals surface area contributed by atoms with Crippen molar-refractivity contribution >= 4 is 61.1 Å². The molecule has 1 N–H and O–H groups in total. The Hall–Kier alpha value is -4.59. The van der Waals surface area contributed by atoms with Gasteiger partial charge in [0, 0.05) is 41.2 Å². The van der Waals surface area contributed by atoms with E-state index in [1.165, 1.54) is 30.5 Å². The molecule has 4 aromatic rings. The van der Waals surface area contributed by atoms with Crippen molar-refractivity contribution in [3.63, 3.8) is 0 Å². The standard InChI is InChI=1S/C42H46F2N6O6S2.C2H6/c1-4-30-33(43)11-8-26-18-29(51)19-31(35(26)30)37-36(44)38-32(20-45-37)39(47-40(46-38)56-24-42-13-6-15-49(42)16-7-14-42)48-21-27-9-10-28(22-48)50(27)41(53)55-23-25(3)58-57-17-12-34(52)54-5-2;1-2/h1,8,11,18-20,25,27-28,51H,5-7,9-10,12-17,21-24H2,2-3H3;1-2H3. The van der Waals surface area contributed by atoms with Gasteiger partial charge in [-0.2, -0.15) is 9.97 Å². The number of esters is 1. The summed E-state index contributed by atoms with van der Waals surface area (Å²) in [5.41, 5.74) is -0.237. The summed E-state index contributed by atoms with van der Waals surface area (Å²) in [5.74, 6) is 1.61. The van der Waals surface area contributed by atoms with Crippen LogP contribution in [0.1, 0.15) is 78.2 Å². The van der Waals surface area contributed by atoms with E-state index in [0.717, 1.165) is 51.6 Å². The van der Waals surface area contributed by atoms with Gasteiger partial charge in [-0.05, 0) is 89.0 Å². The molecule has 2 aromatic carbocycles. The highest BCUT2D eigenvalue weighted by Gasteiger charge is 2.46. The molecule has 60 heavy (non-hydrogen) atoms. The molecule has 4 aliphatic heterocycles. The third kappa shape index (κ3) is 8.76. The predicted octanol–water partition coefficient (Wildman–Crippen LogP) is 8.36. The summed E-state index contributed by atoms with van der Waals surface area (Å²) >= 11 is 0. The van der Waals surface area contributed by atoms with Crippen molar-refractivity contribution in [3.8, 4) is 35.4 Å². The maximum absolute atomic E-state index is 17.1. The number of phenolic OH excluding ortho intramolecular Hbond substituents is 1. The fourth-order valence-electron chi connectivity index (χ4n) is 9.12. The zero-order valence-electron chi connectivity index (χ0n) is 34.5. The SMILES string of the molecule is C#Cc1c(F)ccc2cc(O)cc(-c3ncc4c(N5CC6CCC(C5)N6C(=O)OCC(C)SSCCC(=O)OCC)nc(OCC56CCCN5CCC6)nc4c3F)c12.CC. The zero-order valence-corrected chi connectivity index (χ0v) is 36.2. The molecule has 0 radical (unpaired) electrons. The molecule has 6 heterocycles. The second kappa shape index (κ2) is 19.0. The number of aromatic nitrogens is 3. The van der Waals surface area contributed by atoms with Gasteiger partial charge in [-0.15, -0.1) is 6.42 Å². The van der Waals surface area contributed by atoms with Crippen LogP contribution in [0.3, 0.4) is 0 Å². The Morgan fingerprint density at radius 1 is 1.08 bits per heavy atom. The number of anilines is 1. The van der Waals surface area contributed by atoms with Crippen molar-refractivity contribution in [2.24, 2.45) is 0 Å². The molecule has 3 atom stereocenters. The maximum atomic E-state index is 17.1. The molecule has 0 aliphatic carbocycles. The summed E-state index contributed by atoms with van der Waals surface area (Å²) in [7, 11) is 3.11. The van der Waals surface area contributed by atoms with Gasteiger partial charge in [0.2, 0.25) is 0 Å². The molecule has 1 amide bonds. The average molecular weight is 863 g/mol. The highest BCUT2D eigenvalue weighted by molar-refractivity contribution is 8.76. The van der Waals surface area contributed by atoms with Crippen LogP contribution in [-0.4, -0.2) is 117 Å². The van der Waals surface area contributed by atoms with Crippen molar-refractivity contribution in [1.82, 2.24) is 24.8 Å². The first-order chi connectivity index (χ1) is 29.1. The second-order valence-corrected chi connectivity index (χ2v) is 18.4. The number of terminal acetylenes is 1. The quantitative estimate of drug-likeness (QED) is 0.0599. The molecule has 2 bridgehead atoms. The average Bonchev–Trinajstić information content (AvgIpc) is 3.92. The summed E-state index contributed by atoms with van der Waals surface area (Å²) in [6.07, 6.45) is 12.9. The molecule has 4 saturated heterocycles. The van der Waals surface area contributed by atoms with E-state index in [9.17, 15) is 19.1 Å². The smallest absolute Gasteiger partial charge is 0.410 e. The van der Waals surface area contributed by atoms with Gasteiger partial charge in [-0.1, -0.05) is 47.4 Å². The Bertz CT molecular complexity index is 2250. The van der Waals surface area contributed by atoms with Gasteiger partial charge in [-0.3, -0.25) is 19.6 Å². The van der Waals surface area contributed by atoms with Gasteiger partial charge in [0.1, 0.15) is 41.8 Å². The van der Waals surface area contributed by atoms with E-state index in [2.05, 4.69) is 20.8 Å². The van der Waals surface area contributed by atoms with Gasteiger partial charge in [-0.25, -0.2) is 13.6 Å². The van der Waals surface area contributed by atoms with Crippen LogP contribution in [0.2, 0.25) is 0 Å². The van der Waals surface area contributed by atoms with Crippen molar-refractivity contribution in [1.29, 1.82) is 0 Å². The van der Waals surface area contributed by atoms with E-state index < -0.39 is 11.6 Å². The summed E-state index contributed by atoms with van der Waals surface area (Å²) in [6.45, 7) is 11.6. The van der Waals surface area contributed by atoms with Crippen LogP contribution < -0.4 is 9.64 Å². The fraction of sp³-hybridized carbons (Fsp3) is 0.523. The highest BCUT2D eigenvalue weighted by atomic mass is 33.1. The molecule has 4 fully saturated rings.